The van der Waals surface area contributed by atoms with Gasteiger partial charge >= 0.3 is 12.3 Å². The Balaban J connectivity index is 3.08. The average molecular weight is 247 g/mol. The molecule has 1 rings (SSSR count). The Morgan fingerprint density at radius 2 is 2.18 bits per heavy atom. The molecule has 0 aliphatic rings. The minimum absolute atomic E-state index is 0.0315. The van der Waals surface area contributed by atoms with E-state index in [0.717, 1.165) is 6.07 Å². The maximum atomic E-state index is 13.2. The highest BCUT2D eigenvalue weighted by molar-refractivity contribution is 5.71. The van der Waals surface area contributed by atoms with Crippen LogP contribution in [0, 0.1) is 22.9 Å². The zero-order chi connectivity index (χ0) is 13.2. The van der Waals surface area contributed by atoms with E-state index in [1.165, 1.54) is 6.92 Å². The topological polar surface area (TPSA) is 89.7 Å². The summed E-state index contributed by atoms with van der Waals surface area (Å²) < 4.78 is 30.0. The van der Waals surface area contributed by atoms with Crippen molar-refractivity contribution in [1.29, 1.82) is 0 Å². The quantitative estimate of drug-likeness (QED) is 0.647. The third-order valence-electron chi connectivity index (χ3n) is 1.87. The van der Waals surface area contributed by atoms with Gasteiger partial charge in [-0.1, -0.05) is 0 Å². The van der Waals surface area contributed by atoms with Gasteiger partial charge in [-0.05, 0) is 13.0 Å². The molecule has 8 heteroatoms. The van der Waals surface area contributed by atoms with Crippen LogP contribution in [-0.2, 0) is 4.79 Å². The Hall–Kier alpha value is -2.25. The first kappa shape index (κ1) is 12.8. The lowest BCUT2D eigenvalue weighted by Crippen LogP contribution is -2.22. The third kappa shape index (κ3) is 2.86. The summed E-state index contributed by atoms with van der Waals surface area (Å²) in [7, 11) is 0. The molecule has 17 heavy (non-hydrogen) atoms. The maximum Gasteiger partial charge on any atom is 0.378 e. The van der Waals surface area contributed by atoms with Crippen LogP contribution in [0.3, 0.4) is 0 Å². The van der Waals surface area contributed by atoms with Crippen molar-refractivity contribution in [2.75, 3.05) is 0 Å². The van der Waals surface area contributed by atoms with Crippen molar-refractivity contribution in [2.24, 2.45) is 0 Å². The fraction of sp³-hybridized carbons (Fsp3) is 0.222. The number of nitrogens with zero attached hydrogens (tertiary/aromatic N) is 1. The Morgan fingerprint density at radius 3 is 2.65 bits per heavy atom. The lowest BCUT2D eigenvalue weighted by molar-refractivity contribution is -0.385. The van der Waals surface area contributed by atoms with Crippen LogP contribution in [0.25, 0.3) is 0 Å². The summed E-state index contributed by atoms with van der Waals surface area (Å²) in [5, 5.41) is 18.7. The van der Waals surface area contributed by atoms with Gasteiger partial charge in [0, 0.05) is 5.56 Å². The lowest BCUT2D eigenvalue weighted by Gasteiger charge is -2.09. The first-order valence-electron chi connectivity index (χ1n) is 4.31. The molecule has 0 saturated heterocycles. The maximum absolute atomic E-state index is 13.2. The highest BCUT2D eigenvalue weighted by Crippen LogP contribution is 2.27. The second kappa shape index (κ2) is 4.73. The van der Waals surface area contributed by atoms with E-state index in [-0.39, 0.29) is 5.56 Å². The second-order valence-corrected chi connectivity index (χ2v) is 3.10. The number of carboxylic acids is 1. The summed E-state index contributed by atoms with van der Waals surface area (Å²) in [6.45, 7) is 1.29. The number of nitro groups is 1. The summed E-state index contributed by atoms with van der Waals surface area (Å²) in [6, 6.07) is 1.40. The van der Waals surface area contributed by atoms with Gasteiger partial charge in [-0.15, -0.1) is 0 Å². The van der Waals surface area contributed by atoms with Gasteiger partial charge in [-0.2, -0.15) is 4.39 Å². The molecule has 0 amide bonds. The molecule has 92 valence electrons. The molecule has 0 bridgehead atoms. The molecule has 0 aliphatic carbocycles. The standard InChI is InChI=1S/C9H7F2NO5/c1-4-2-7(17-8(11)9(13)14)5(10)3-6(4)12(15)16/h2-3,8H,1H3,(H,13,14). The number of benzene rings is 1. The average Bonchev–Trinajstić information content (AvgIpc) is 2.22. The van der Waals surface area contributed by atoms with Crippen molar-refractivity contribution in [2.45, 2.75) is 13.3 Å². The van der Waals surface area contributed by atoms with Gasteiger partial charge in [0.25, 0.3) is 5.69 Å². The second-order valence-electron chi connectivity index (χ2n) is 3.10. The van der Waals surface area contributed by atoms with Crippen LogP contribution in [0.1, 0.15) is 5.56 Å². The molecule has 1 atom stereocenters. The van der Waals surface area contributed by atoms with Crippen LogP contribution in [0.15, 0.2) is 12.1 Å². The van der Waals surface area contributed by atoms with Crippen molar-refractivity contribution in [3.8, 4) is 5.75 Å². The van der Waals surface area contributed by atoms with Crippen LogP contribution >= 0.6 is 0 Å². The number of alkyl halides is 1. The van der Waals surface area contributed by atoms with Gasteiger partial charge < -0.3 is 9.84 Å². The van der Waals surface area contributed by atoms with Crippen LogP contribution in [-0.4, -0.2) is 22.4 Å². The van der Waals surface area contributed by atoms with Crippen LogP contribution in [0.4, 0.5) is 14.5 Å². The van der Waals surface area contributed by atoms with Crippen molar-refractivity contribution in [1.82, 2.24) is 0 Å². The highest BCUT2D eigenvalue weighted by Gasteiger charge is 2.22. The third-order valence-corrected chi connectivity index (χ3v) is 1.87. The molecule has 6 nitrogen and oxygen atoms in total. The number of rotatable bonds is 4. The summed E-state index contributed by atoms with van der Waals surface area (Å²) in [5.41, 5.74) is -0.468. The Morgan fingerprint density at radius 1 is 1.59 bits per heavy atom. The molecule has 1 aromatic rings. The van der Waals surface area contributed by atoms with E-state index in [1.807, 2.05) is 0 Å². The molecule has 0 radical (unpaired) electrons. The molecule has 0 spiro atoms. The van der Waals surface area contributed by atoms with E-state index in [9.17, 15) is 23.7 Å². The molecular formula is C9H7F2NO5. The van der Waals surface area contributed by atoms with E-state index in [4.69, 9.17) is 5.11 Å². The molecular weight excluding hydrogens is 240 g/mol. The number of ether oxygens (including phenoxy) is 1. The van der Waals surface area contributed by atoms with E-state index in [0.29, 0.717) is 6.07 Å². The Labute approximate surface area is 93.6 Å². The van der Waals surface area contributed by atoms with E-state index < -0.39 is 34.5 Å². The minimum Gasteiger partial charge on any atom is -0.476 e. The monoisotopic (exact) mass is 247 g/mol. The van der Waals surface area contributed by atoms with E-state index in [2.05, 4.69) is 4.74 Å². The number of aliphatic carboxylic acids is 1. The Bertz CT molecular complexity index is 477. The molecule has 0 fully saturated rings. The van der Waals surface area contributed by atoms with E-state index >= 15 is 0 Å². The highest BCUT2D eigenvalue weighted by atomic mass is 19.1. The zero-order valence-corrected chi connectivity index (χ0v) is 8.52. The lowest BCUT2D eigenvalue weighted by atomic mass is 10.2. The normalized spacial score (nSPS) is 11.9. The summed E-state index contributed by atoms with van der Waals surface area (Å²) in [5.74, 6) is -3.81. The first-order chi connectivity index (χ1) is 7.82. The number of aryl methyl sites for hydroxylation is 1. The number of nitro benzene ring substituents is 1. The molecule has 0 saturated carbocycles. The van der Waals surface area contributed by atoms with Gasteiger partial charge in [0.05, 0.1) is 11.0 Å². The van der Waals surface area contributed by atoms with Crippen molar-refractivity contribution >= 4 is 11.7 Å². The number of hydrogen-bond acceptors (Lipinski definition) is 4. The predicted molar refractivity (Wildman–Crippen MR) is 51.0 cm³/mol. The predicted octanol–water partition coefficient (Wildman–Crippen LogP) is 1.80. The van der Waals surface area contributed by atoms with Gasteiger partial charge in [-0.3, -0.25) is 10.1 Å². The number of halogens is 2. The molecule has 1 N–H and O–H groups in total. The first-order valence-corrected chi connectivity index (χ1v) is 4.31. The van der Waals surface area contributed by atoms with Crippen LogP contribution in [0.5, 0.6) is 5.75 Å². The molecule has 0 heterocycles. The van der Waals surface area contributed by atoms with Gasteiger partial charge in [-0.25, -0.2) is 9.18 Å². The molecule has 1 unspecified atom stereocenters. The molecule has 0 aliphatic heterocycles. The van der Waals surface area contributed by atoms with Gasteiger partial charge in [0.2, 0.25) is 0 Å². The fourth-order valence-electron chi connectivity index (χ4n) is 1.09. The summed E-state index contributed by atoms with van der Waals surface area (Å²) >= 11 is 0. The molecule has 1 aromatic carbocycles. The SMILES string of the molecule is Cc1cc(OC(F)C(=O)O)c(F)cc1[N+](=O)[O-]. The summed E-state index contributed by atoms with van der Waals surface area (Å²) in [4.78, 5) is 19.8. The smallest absolute Gasteiger partial charge is 0.378 e. The minimum atomic E-state index is -2.73. The largest absolute Gasteiger partial charge is 0.476 e. The number of carbonyl (C=O) groups is 1. The fourth-order valence-corrected chi connectivity index (χ4v) is 1.09. The molecule has 0 aromatic heterocycles. The Kier molecular flexibility index (Phi) is 3.56. The van der Waals surface area contributed by atoms with Crippen molar-refractivity contribution in [3.63, 3.8) is 0 Å². The van der Waals surface area contributed by atoms with E-state index in [1.54, 1.807) is 0 Å². The number of carboxylic acid groups (broad SMARTS) is 1. The van der Waals surface area contributed by atoms with Crippen molar-refractivity contribution < 1.29 is 28.3 Å². The van der Waals surface area contributed by atoms with Gasteiger partial charge in [0.1, 0.15) is 0 Å². The summed E-state index contributed by atoms with van der Waals surface area (Å²) in [6.07, 6.45) is -2.73. The van der Waals surface area contributed by atoms with Crippen LogP contribution in [0.2, 0.25) is 0 Å². The van der Waals surface area contributed by atoms with Gasteiger partial charge in [0.15, 0.2) is 11.6 Å². The van der Waals surface area contributed by atoms with Crippen molar-refractivity contribution in [3.05, 3.63) is 33.6 Å². The number of hydrogen-bond donors (Lipinski definition) is 1. The zero-order valence-electron chi connectivity index (χ0n) is 8.52. The van der Waals surface area contributed by atoms with Crippen LogP contribution < -0.4 is 4.74 Å².